The summed E-state index contributed by atoms with van der Waals surface area (Å²) < 4.78 is 29.5. The van der Waals surface area contributed by atoms with Gasteiger partial charge in [-0.15, -0.1) is 0 Å². The Bertz CT molecular complexity index is 3360. The molecule has 22 nitrogen and oxygen atoms in total. The van der Waals surface area contributed by atoms with E-state index in [2.05, 4.69) is 44.6 Å². The van der Waals surface area contributed by atoms with Gasteiger partial charge in [0, 0.05) is 67.8 Å². The lowest BCUT2D eigenvalue weighted by molar-refractivity contribution is -0.130. The fourth-order valence-electron chi connectivity index (χ4n) is 10.4. The number of hydrogen-bond acceptors (Lipinski definition) is 15. The van der Waals surface area contributed by atoms with Gasteiger partial charge in [0.2, 0.25) is 23.6 Å². The molecule has 5 aromatic rings. The molecule has 0 fully saturated rings. The fraction of sp³-hybridized carbons (Fsp3) is 0.387. The number of aliphatic imine (C=N–C) groups is 1. The van der Waals surface area contributed by atoms with Crippen LogP contribution < -0.4 is 60.8 Å². The van der Waals surface area contributed by atoms with Crippen molar-refractivity contribution in [1.82, 2.24) is 21.4 Å². The number of nitrogens with zero attached hydrogens (tertiary/aromatic N) is 3. The van der Waals surface area contributed by atoms with Gasteiger partial charge in [-0.1, -0.05) is 36.4 Å². The van der Waals surface area contributed by atoms with E-state index in [0.717, 1.165) is 34.7 Å². The van der Waals surface area contributed by atoms with Crippen molar-refractivity contribution in [2.75, 3.05) is 79.2 Å². The summed E-state index contributed by atoms with van der Waals surface area (Å²) in [6.45, 7) is 4.32. The number of hydroxylamine groups is 1. The van der Waals surface area contributed by atoms with Crippen molar-refractivity contribution in [2.45, 2.75) is 96.2 Å². The normalized spacial score (nSPS) is 15.9. The highest BCUT2D eigenvalue weighted by Crippen LogP contribution is 2.43. The van der Waals surface area contributed by atoms with E-state index in [1.54, 1.807) is 47.5 Å². The predicted octanol–water partition coefficient (Wildman–Crippen LogP) is 6.70. The van der Waals surface area contributed by atoms with E-state index in [9.17, 15) is 33.6 Å². The highest BCUT2D eigenvalue weighted by atomic mass is 32.2. The zero-order chi connectivity index (χ0) is 60.1. The molecule has 4 aliphatic rings. The number of fused-ring (bicyclic) bond motifs is 8. The first-order chi connectivity index (χ1) is 41.1. The Hall–Kier alpha value is -8.83. The summed E-state index contributed by atoms with van der Waals surface area (Å²) in [5.74, 6) is 0.0357. The third kappa shape index (κ3) is 15.1. The molecule has 0 aliphatic carbocycles. The van der Waals surface area contributed by atoms with Crippen LogP contribution in [0.1, 0.15) is 88.9 Å². The molecule has 0 saturated carbocycles. The van der Waals surface area contributed by atoms with Crippen molar-refractivity contribution in [3.05, 3.63) is 124 Å². The van der Waals surface area contributed by atoms with Crippen molar-refractivity contribution in [2.24, 2.45) is 4.99 Å². The molecule has 4 aliphatic heterocycles. The lowest BCUT2D eigenvalue weighted by Gasteiger charge is -2.22. The number of amides is 7. The Morgan fingerprint density at radius 2 is 1.32 bits per heavy atom. The third-order valence-corrected chi connectivity index (χ3v) is 15.8. The van der Waals surface area contributed by atoms with Crippen molar-refractivity contribution in [3.63, 3.8) is 0 Å². The number of unbranched alkanes of at least 4 members (excludes halogenated alkanes) is 1. The van der Waals surface area contributed by atoms with Gasteiger partial charge in [0.1, 0.15) is 37.7 Å². The van der Waals surface area contributed by atoms with E-state index in [-0.39, 0.29) is 73.4 Å². The van der Waals surface area contributed by atoms with Crippen LogP contribution in [0.5, 0.6) is 23.0 Å². The number of nitrogens with one attached hydrogen (secondary N) is 6. The summed E-state index contributed by atoms with van der Waals surface area (Å²) in [4.78, 5) is 106. The van der Waals surface area contributed by atoms with Gasteiger partial charge in [-0.3, -0.25) is 43.5 Å². The van der Waals surface area contributed by atoms with Crippen molar-refractivity contribution in [1.29, 1.82) is 0 Å². The van der Waals surface area contributed by atoms with Crippen molar-refractivity contribution < 1.29 is 62.1 Å². The molecule has 0 saturated heterocycles. The van der Waals surface area contributed by atoms with Gasteiger partial charge in [-0.05, 0) is 115 Å². The molecule has 85 heavy (non-hydrogen) atoms. The molecule has 7 amide bonds. The van der Waals surface area contributed by atoms with E-state index >= 15 is 0 Å². The van der Waals surface area contributed by atoms with Crippen LogP contribution in [-0.4, -0.2) is 131 Å². The molecular formula is C62H72N9O13S+. The summed E-state index contributed by atoms with van der Waals surface area (Å²) in [6, 6.07) is 25.4. The lowest BCUT2D eigenvalue weighted by Crippen LogP contribution is -2.50. The number of anilines is 4. The summed E-state index contributed by atoms with van der Waals surface area (Å²) >= 11 is 0. The third-order valence-electron chi connectivity index (χ3n) is 14.8. The molecule has 5 aromatic carbocycles. The first kappa shape index (κ1) is 60.8. The quantitative estimate of drug-likeness (QED) is 0.0191. The predicted molar refractivity (Wildman–Crippen MR) is 324 cm³/mol. The fourth-order valence-corrected chi connectivity index (χ4v) is 10.8. The summed E-state index contributed by atoms with van der Waals surface area (Å²) in [7, 11) is 3.16. The second-order valence-electron chi connectivity index (χ2n) is 21.3. The van der Waals surface area contributed by atoms with Gasteiger partial charge in [-0.2, -0.15) is 5.48 Å². The Labute approximate surface area is 496 Å². The topological polar surface area (TPSA) is 266 Å². The Balaban J connectivity index is 0.821. The first-order valence-electron chi connectivity index (χ1n) is 28.3. The number of ether oxygens (including phenoxy) is 5. The highest BCUT2D eigenvalue weighted by Gasteiger charge is 2.39. The number of methoxy groups -OCH3 is 2. The van der Waals surface area contributed by atoms with Crippen LogP contribution in [-0.2, 0) is 65.7 Å². The van der Waals surface area contributed by atoms with E-state index in [0.29, 0.717) is 108 Å². The number of hydrogen-bond donors (Lipinski definition) is 6. The molecule has 0 unspecified atom stereocenters. The number of rotatable bonds is 26. The minimum absolute atomic E-state index is 0.0207. The maximum absolute atomic E-state index is 14.2. The second-order valence-corrected chi connectivity index (χ2v) is 23.7. The molecule has 6 N–H and O–H groups in total. The number of carbonyl (C=O) groups is 7. The van der Waals surface area contributed by atoms with Crippen molar-refractivity contribution in [3.8, 4) is 23.0 Å². The molecule has 9 rings (SSSR count). The maximum Gasteiger partial charge on any atom is 0.431 e. The second kappa shape index (κ2) is 28.2. The first-order valence-corrected chi connectivity index (χ1v) is 30.5. The molecular weight excluding hydrogens is 1110 g/mol. The molecule has 0 bridgehead atoms. The van der Waals surface area contributed by atoms with E-state index in [1.165, 1.54) is 28.1 Å². The van der Waals surface area contributed by atoms with Gasteiger partial charge in [0.25, 0.3) is 11.8 Å². The smallest absolute Gasteiger partial charge is 0.431 e. The largest absolute Gasteiger partial charge is 0.493 e. The summed E-state index contributed by atoms with van der Waals surface area (Å²) in [6.07, 6.45) is 8.15. The molecule has 4 atom stereocenters. The SMILES string of the molecule is COc1cc2c(cc1OCc1cc(COc3cc4c(cc3OC)C(=O)N3c5ccccc5C[C@H]3CN4)cc(NC(=O)[C@H](C)NC(=O)[C@H](C)NC(=O)CCCCC(=O)NCCCONC(=O)OCC[S+](C)C)c1)N=C[C@@H]1Cc3ccccc3N1C2=O. The lowest BCUT2D eigenvalue weighted by atomic mass is 10.1. The van der Waals surface area contributed by atoms with E-state index in [1.807, 2.05) is 59.5 Å². The summed E-state index contributed by atoms with van der Waals surface area (Å²) in [5.41, 5.74) is 9.50. The molecule has 4 heterocycles. The summed E-state index contributed by atoms with van der Waals surface area (Å²) in [5, 5.41) is 14.5. The van der Waals surface area contributed by atoms with Gasteiger partial charge < -0.3 is 55.2 Å². The average Bonchev–Trinajstić information content (AvgIpc) is 2.00. The van der Waals surface area contributed by atoms with Crippen LogP contribution in [0.2, 0.25) is 0 Å². The van der Waals surface area contributed by atoms with Crippen LogP contribution in [0, 0.1) is 0 Å². The van der Waals surface area contributed by atoms with Gasteiger partial charge in [0.05, 0.1) is 67.9 Å². The van der Waals surface area contributed by atoms with Gasteiger partial charge in [-0.25, -0.2) is 4.79 Å². The van der Waals surface area contributed by atoms with Gasteiger partial charge >= 0.3 is 6.09 Å². The van der Waals surface area contributed by atoms with Crippen LogP contribution in [0.25, 0.3) is 0 Å². The van der Waals surface area contributed by atoms with Crippen LogP contribution in [0.3, 0.4) is 0 Å². The molecule has 0 aromatic heterocycles. The minimum atomic E-state index is -1.05. The standard InChI is InChI=1S/C62H71N9O13S/c1-37(66-57(73)19-12-11-18-56(72)63-20-13-21-84-69-62(78)81-22-23-85(5)6)58(74)67-38(2)59(75)68-43-25-39(35-82-54-31-48-46(29-52(54)79-3)60(76)70-44(33-64-48)27-41-14-7-9-16-50(41)70)24-40(26-43)36-83-55-32-49-47(30-53(55)80-4)61(77)71-45(34-65-49)28-42-15-8-10-17-51(42)71/h7-10,14-17,24-26,29-33,37-38,44-45H,11-13,18-23,27-28,34-36H2,1-6H3,(H5-,63,65,66,67,68,69,72,73,74,75,77,78)/p+1/t37-,38-,44-,45-/m0/s1. The van der Waals surface area contributed by atoms with E-state index < -0.39 is 35.9 Å². The Morgan fingerprint density at radius 3 is 2.01 bits per heavy atom. The number of benzene rings is 5. The van der Waals surface area contributed by atoms with Crippen LogP contribution >= 0.6 is 0 Å². The number of para-hydroxylation sites is 2. The highest BCUT2D eigenvalue weighted by molar-refractivity contribution is 7.95. The van der Waals surface area contributed by atoms with Crippen LogP contribution in [0.4, 0.5) is 33.2 Å². The minimum Gasteiger partial charge on any atom is -0.493 e. The monoisotopic (exact) mass is 1180 g/mol. The Kier molecular flexibility index (Phi) is 20.1. The van der Waals surface area contributed by atoms with E-state index in [4.69, 9.17) is 33.5 Å². The molecule has 23 heteroatoms. The molecule has 0 radical (unpaired) electrons. The van der Waals surface area contributed by atoms with Crippen LogP contribution in [0.15, 0.2) is 96.0 Å². The maximum atomic E-state index is 14.2. The Morgan fingerprint density at radius 1 is 0.694 bits per heavy atom. The molecule has 0 spiro atoms. The average molecular weight is 1180 g/mol. The zero-order valence-corrected chi connectivity index (χ0v) is 49.3. The number of carbonyl (C=O) groups excluding carboxylic acids is 7. The molecule has 448 valence electrons. The zero-order valence-electron chi connectivity index (χ0n) is 48.5. The van der Waals surface area contributed by atoms with Gasteiger partial charge in [0.15, 0.2) is 23.0 Å². The van der Waals surface area contributed by atoms with Crippen molar-refractivity contribution >= 4 is 87.1 Å².